The van der Waals surface area contributed by atoms with E-state index >= 15 is 0 Å². The molecule has 6 nitrogen and oxygen atoms in total. The Balaban J connectivity index is 2.18. The Kier molecular flexibility index (Phi) is 4.37. The maximum absolute atomic E-state index is 12.1. The quantitative estimate of drug-likeness (QED) is 0.908. The fourth-order valence-electron chi connectivity index (χ4n) is 1.75. The molecule has 1 heterocycles. The maximum Gasteiger partial charge on any atom is 0.270 e. The Morgan fingerprint density at radius 2 is 2.05 bits per heavy atom. The number of hydrogen-bond donors (Lipinski definition) is 2. The third-order valence-corrected chi connectivity index (χ3v) is 2.62. The van der Waals surface area contributed by atoms with E-state index in [1.54, 1.807) is 30.3 Å². The first-order valence-corrected chi connectivity index (χ1v) is 6.80. The molecule has 22 heavy (non-hydrogen) atoms. The minimum Gasteiger partial charge on any atom is -0.346 e. The van der Waals surface area contributed by atoms with Crippen molar-refractivity contribution >= 4 is 17.5 Å². The molecule has 0 aliphatic rings. The lowest BCUT2D eigenvalue weighted by molar-refractivity contribution is 0.0914. The van der Waals surface area contributed by atoms with Crippen molar-refractivity contribution in [3.8, 4) is 6.07 Å². The van der Waals surface area contributed by atoms with Crippen LogP contribution in [0.1, 0.15) is 36.8 Å². The number of aromatic nitrogens is 2. The van der Waals surface area contributed by atoms with E-state index < -0.39 is 0 Å². The van der Waals surface area contributed by atoms with Gasteiger partial charge < -0.3 is 10.6 Å². The molecule has 1 aromatic heterocycles. The first-order chi connectivity index (χ1) is 10.4. The average molecular weight is 295 g/mol. The van der Waals surface area contributed by atoms with Crippen LogP contribution in [0.4, 0.5) is 11.6 Å². The molecule has 1 amide bonds. The van der Waals surface area contributed by atoms with Crippen molar-refractivity contribution in [3.63, 3.8) is 0 Å². The molecule has 2 N–H and O–H groups in total. The van der Waals surface area contributed by atoms with Gasteiger partial charge in [-0.3, -0.25) is 4.79 Å². The lowest BCUT2D eigenvalue weighted by Crippen LogP contribution is -2.41. The summed E-state index contributed by atoms with van der Waals surface area (Å²) in [5.41, 5.74) is 1.17. The van der Waals surface area contributed by atoms with Gasteiger partial charge >= 0.3 is 0 Å². The summed E-state index contributed by atoms with van der Waals surface area (Å²) in [6, 6.07) is 10.6. The normalized spacial score (nSPS) is 10.6. The molecule has 0 radical (unpaired) electrons. The van der Waals surface area contributed by atoms with Gasteiger partial charge in [-0.15, -0.1) is 0 Å². The Morgan fingerprint density at radius 3 is 2.73 bits per heavy atom. The summed E-state index contributed by atoms with van der Waals surface area (Å²) in [4.78, 5) is 20.4. The van der Waals surface area contributed by atoms with Crippen molar-refractivity contribution in [2.45, 2.75) is 26.3 Å². The number of anilines is 2. The molecular formula is C16H17N5O. The highest BCUT2D eigenvalue weighted by atomic mass is 16.2. The lowest BCUT2D eigenvalue weighted by atomic mass is 10.1. The number of hydrogen-bond acceptors (Lipinski definition) is 5. The number of carbonyl (C=O) groups excluding carboxylic acids is 1. The van der Waals surface area contributed by atoms with E-state index in [1.807, 2.05) is 20.8 Å². The highest BCUT2D eigenvalue weighted by Gasteiger charge is 2.16. The van der Waals surface area contributed by atoms with E-state index in [-0.39, 0.29) is 17.1 Å². The second-order valence-electron chi connectivity index (χ2n) is 5.79. The van der Waals surface area contributed by atoms with Gasteiger partial charge in [0, 0.05) is 17.4 Å². The molecule has 0 bridgehead atoms. The molecule has 0 fully saturated rings. The fraction of sp³-hybridized carbons (Fsp3) is 0.250. The molecule has 0 aliphatic heterocycles. The minimum absolute atomic E-state index is 0.260. The number of benzene rings is 1. The van der Waals surface area contributed by atoms with Crippen LogP contribution in [0.15, 0.2) is 36.5 Å². The van der Waals surface area contributed by atoms with Crippen molar-refractivity contribution in [2.24, 2.45) is 0 Å². The van der Waals surface area contributed by atoms with Crippen LogP contribution in [0, 0.1) is 11.3 Å². The van der Waals surface area contributed by atoms with Crippen LogP contribution in [0.3, 0.4) is 0 Å². The summed E-state index contributed by atoms with van der Waals surface area (Å²) >= 11 is 0. The minimum atomic E-state index is -0.337. The van der Waals surface area contributed by atoms with Gasteiger partial charge in [0.05, 0.1) is 11.6 Å². The molecule has 112 valence electrons. The van der Waals surface area contributed by atoms with E-state index in [9.17, 15) is 4.79 Å². The van der Waals surface area contributed by atoms with Crippen LogP contribution in [-0.2, 0) is 0 Å². The third-order valence-electron chi connectivity index (χ3n) is 2.62. The predicted octanol–water partition coefficient (Wildman–Crippen LogP) is 2.62. The first-order valence-electron chi connectivity index (χ1n) is 6.80. The van der Waals surface area contributed by atoms with E-state index in [0.717, 1.165) is 0 Å². The number of nitrogens with zero attached hydrogens (tertiary/aromatic N) is 3. The molecule has 0 spiro atoms. The summed E-state index contributed by atoms with van der Waals surface area (Å²) in [7, 11) is 0. The van der Waals surface area contributed by atoms with Gasteiger partial charge in [-0.25, -0.2) is 9.97 Å². The van der Waals surface area contributed by atoms with E-state index in [0.29, 0.717) is 17.2 Å². The number of rotatable bonds is 3. The zero-order valence-corrected chi connectivity index (χ0v) is 12.7. The molecule has 0 saturated carbocycles. The standard InChI is InChI=1S/C16H17N5O/c1-16(2,3)21-14(22)13-7-8-18-15(20-13)19-12-6-4-5-11(9-12)10-17/h4-9H,1-3H3,(H,21,22)(H,18,19,20). The summed E-state index contributed by atoms with van der Waals surface area (Å²) in [5.74, 6) is 0.0420. The van der Waals surface area contributed by atoms with Gasteiger partial charge in [-0.1, -0.05) is 6.07 Å². The van der Waals surface area contributed by atoms with Crippen LogP contribution in [0.25, 0.3) is 0 Å². The molecule has 0 unspecified atom stereocenters. The van der Waals surface area contributed by atoms with Crippen LogP contribution in [0.5, 0.6) is 0 Å². The molecule has 0 atom stereocenters. The zero-order valence-electron chi connectivity index (χ0n) is 12.7. The predicted molar refractivity (Wildman–Crippen MR) is 83.7 cm³/mol. The molecule has 0 aliphatic carbocycles. The summed E-state index contributed by atoms with van der Waals surface area (Å²) in [6.45, 7) is 5.70. The highest BCUT2D eigenvalue weighted by molar-refractivity contribution is 5.92. The molecule has 2 rings (SSSR count). The molecule has 2 aromatic rings. The van der Waals surface area contributed by atoms with Crippen molar-refractivity contribution in [1.29, 1.82) is 5.26 Å². The van der Waals surface area contributed by atoms with Gasteiger partial charge in [0.1, 0.15) is 5.69 Å². The monoisotopic (exact) mass is 295 g/mol. The summed E-state index contributed by atoms with van der Waals surface area (Å²) < 4.78 is 0. The fourth-order valence-corrected chi connectivity index (χ4v) is 1.75. The number of carbonyl (C=O) groups is 1. The van der Waals surface area contributed by atoms with Crippen molar-refractivity contribution in [3.05, 3.63) is 47.8 Å². The van der Waals surface area contributed by atoms with Crippen LogP contribution in [0.2, 0.25) is 0 Å². The zero-order chi connectivity index (χ0) is 16.2. The number of nitrogens with one attached hydrogen (secondary N) is 2. The molecule has 0 saturated heterocycles. The van der Waals surface area contributed by atoms with Gasteiger partial charge in [-0.2, -0.15) is 5.26 Å². The Labute approximate surface area is 129 Å². The average Bonchev–Trinajstić information content (AvgIpc) is 2.46. The first kappa shape index (κ1) is 15.4. The van der Waals surface area contributed by atoms with Gasteiger partial charge in [0.25, 0.3) is 5.91 Å². The van der Waals surface area contributed by atoms with Crippen LogP contribution >= 0.6 is 0 Å². The van der Waals surface area contributed by atoms with Crippen LogP contribution in [-0.4, -0.2) is 21.4 Å². The van der Waals surface area contributed by atoms with Crippen molar-refractivity contribution in [1.82, 2.24) is 15.3 Å². The second-order valence-corrected chi connectivity index (χ2v) is 5.79. The van der Waals surface area contributed by atoms with Gasteiger partial charge in [0.2, 0.25) is 5.95 Å². The summed E-state index contributed by atoms with van der Waals surface area (Å²) in [5, 5.41) is 14.7. The van der Waals surface area contributed by atoms with E-state index in [4.69, 9.17) is 5.26 Å². The van der Waals surface area contributed by atoms with Gasteiger partial charge in [0.15, 0.2) is 0 Å². The van der Waals surface area contributed by atoms with Gasteiger partial charge in [-0.05, 0) is 45.0 Å². The molecule has 1 aromatic carbocycles. The molecule has 6 heteroatoms. The van der Waals surface area contributed by atoms with E-state index in [2.05, 4.69) is 26.7 Å². The highest BCUT2D eigenvalue weighted by Crippen LogP contribution is 2.14. The smallest absolute Gasteiger partial charge is 0.270 e. The maximum atomic E-state index is 12.1. The third kappa shape index (κ3) is 4.28. The summed E-state index contributed by atoms with van der Waals surface area (Å²) in [6.07, 6.45) is 1.51. The number of nitriles is 1. The largest absolute Gasteiger partial charge is 0.346 e. The Morgan fingerprint density at radius 1 is 1.27 bits per heavy atom. The Bertz CT molecular complexity index is 728. The lowest BCUT2D eigenvalue weighted by Gasteiger charge is -2.20. The second kappa shape index (κ2) is 6.22. The Hall–Kier alpha value is -2.94. The van der Waals surface area contributed by atoms with Crippen molar-refractivity contribution in [2.75, 3.05) is 5.32 Å². The SMILES string of the molecule is CC(C)(C)NC(=O)c1ccnc(Nc2cccc(C#N)c2)n1. The van der Waals surface area contributed by atoms with Crippen LogP contribution < -0.4 is 10.6 Å². The van der Waals surface area contributed by atoms with E-state index in [1.165, 1.54) is 6.20 Å². The topological polar surface area (TPSA) is 90.7 Å². The molecular weight excluding hydrogens is 278 g/mol. The number of amides is 1. The van der Waals surface area contributed by atoms with Crippen molar-refractivity contribution < 1.29 is 4.79 Å².